The number of hydrogen-bond donors (Lipinski definition) is 0. The van der Waals surface area contributed by atoms with Crippen molar-refractivity contribution in [3.63, 3.8) is 0 Å². The van der Waals surface area contributed by atoms with Gasteiger partial charge in [-0.2, -0.15) is 0 Å². The van der Waals surface area contributed by atoms with Gasteiger partial charge in [-0.1, -0.05) is 12.1 Å². The summed E-state index contributed by atoms with van der Waals surface area (Å²) in [7, 11) is 2.10. The number of halogens is 1. The van der Waals surface area contributed by atoms with Crippen molar-refractivity contribution in [1.82, 2.24) is 14.4 Å². The normalized spacial score (nSPS) is 16.7. The van der Waals surface area contributed by atoms with Crippen LogP contribution < -0.4 is 5.56 Å². The smallest absolute Gasteiger partial charge is 0.257 e. The van der Waals surface area contributed by atoms with Gasteiger partial charge >= 0.3 is 0 Å². The first-order chi connectivity index (χ1) is 11.0. The molecule has 5 heteroatoms. The van der Waals surface area contributed by atoms with E-state index in [1.165, 1.54) is 10.6 Å². The predicted molar refractivity (Wildman–Crippen MR) is 89.5 cm³/mol. The van der Waals surface area contributed by atoms with Crippen LogP contribution in [0.1, 0.15) is 11.1 Å². The van der Waals surface area contributed by atoms with E-state index < -0.39 is 0 Å². The minimum absolute atomic E-state index is 0.112. The van der Waals surface area contributed by atoms with Gasteiger partial charge in [-0.15, -0.1) is 0 Å². The molecule has 1 aromatic heterocycles. The second-order valence-electron chi connectivity index (χ2n) is 6.22. The third-order valence-electron chi connectivity index (χ3n) is 4.44. The summed E-state index contributed by atoms with van der Waals surface area (Å²) in [5.41, 5.74) is 1.78. The van der Waals surface area contributed by atoms with Crippen LogP contribution in [0.25, 0.3) is 5.69 Å². The Kier molecular flexibility index (Phi) is 4.59. The van der Waals surface area contributed by atoms with E-state index in [1.807, 2.05) is 6.07 Å². The van der Waals surface area contributed by atoms with E-state index >= 15 is 0 Å². The molecular formula is C18H22FN3O. The molecule has 0 radical (unpaired) electrons. The first kappa shape index (κ1) is 15.9. The first-order valence-electron chi connectivity index (χ1n) is 7.92. The Balaban J connectivity index is 1.81. The summed E-state index contributed by atoms with van der Waals surface area (Å²) in [5, 5.41) is 0. The van der Waals surface area contributed by atoms with E-state index in [9.17, 15) is 9.18 Å². The van der Waals surface area contributed by atoms with Crippen molar-refractivity contribution in [3.8, 4) is 5.69 Å². The Morgan fingerprint density at radius 3 is 2.57 bits per heavy atom. The maximum absolute atomic E-state index is 14.4. The number of hydrogen-bond acceptors (Lipinski definition) is 3. The Morgan fingerprint density at radius 1 is 1.13 bits per heavy atom. The Hall–Kier alpha value is -1.98. The van der Waals surface area contributed by atoms with Gasteiger partial charge in [-0.3, -0.25) is 14.3 Å². The molecule has 3 rings (SSSR count). The molecule has 122 valence electrons. The minimum atomic E-state index is -0.255. The molecule has 0 amide bonds. The number of aromatic nitrogens is 1. The summed E-state index contributed by atoms with van der Waals surface area (Å²) >= 11 is 0. The fraction of sp³-hybridized carbons (Fsp3) is 0.389. The molecule has 1 aliphatic heterocycles. The number of piperazine rings is 1. The van der Waals surface area contributed by atoms with Gasteiger partial charge in [0.2, 0.25) is 0 Å². The lowest BCUT2D eigenvalue weighted by Crippen LogP contribution is -2.44. The molecule has 2 heterocycles. The van der Waals surface area contributed by atoms with E-state index in [2.05, 4.69) is 16.8 Å². The van der Waals surface area contributed by atoms with Gasteiger partial charge in [0.25, 0.3) is 5.56 Å². The lowest BCUT2D eigenvalue weighted by molar-refractivity contribution is 0.147. The zero-order valence-corrected chi connectivity index (χ0v) is 13.6. The summed E-state index contributed by atoms with van der Waals surface area (Å²) in [6.45, 7) is 6.31. The second kappa shape index (κ2) is 6.64. The quantitative estimate of drug-likeness (QED) is 0.868. The third kappa shape index (κ3) is 3.51. The van der Waals surface area contributed by atoms with E-state index in [1.54, 1.807) is 31.3 Å². The highest BCUT2D eigenvalue weighted by Gasteiger charge is 2.16. The van der Waals surface area contributed by atoms with Crippen LogP contribution in [-0.2, 0) is 6.54 Å². The average Bonchev–Trinajstić information content (AvgIpc) is 2.54. The molecule has 0 N–H and O–H groups in total. The molecule has 0 aliphatic carbocycles. The maximum atomic E-state index is 14.4. The molecule has 4 nitrogen and oxygen atoms in total. The van der Waals surface area contributed by atoms with Crippen molar-refractivity contribution in [1.29, 1.82) is 0 Å². The topological polar surface area (TPSA) is 28.5 Å². The Labute approximate surface area is 135 Å². The summed E-state index contributed by atoms with van der Waals surface area (Å²) in [5.74, 6) is -0.255. The van der Waals surface area contributed by atoms with Crippen LogP contribution in [0, 0.1) is 12.7 Å². The number of benzene rings is 1. The zero-order valence-electron chi connectivity index (χ0n) is 13.6. The first-order valence-corrected chi connectivity index (χ1v) is 7.92. The van der Waals surface area contributed by atoms with E-state index in [4.69, 9.17) is 0 Å². The molecular weight excluding hydrogens is 293 g/mol. The number of rotatable bonds is 3. The van der Waals surface area contributed by atoms with Crippen molar-refractivity contribution >= 4 is 0 Å². The van der Waals surface area contributed by atoms with Crippen molar-refractivity contribution < 1.29 is 4.39 Å². The largest absolute Gasteiger partial charge is 0.304 e. The summed E-state index contributed by atoms with van der Waals surface area (Å²) < 4.78 is 15.9. The molecule has 0 saturated carbocycles. The van der Waals surface area contributed by atoms with Crippen molar-refractivity contribution in [2.45, 2.75) is 13.5 Å². The molecule has 1 aromatic carbocycles. The molecule has 1 fully saturated rings. The molecule has 0 atom stereocenters. The van der Waals surface area contributed by atoms with Crippen LogP contribution in [0.2, 0.25) is 0 Å². The van der Waals surface area contributed by atoms with Crippen LogP contribution in [0.5, 0.6) is 0 Å². The molecule has 1 aliphatic rings. The van der Waals surface area contributed by atoms with Gasteiger partial charge in [0.15, 0.2) is 0 Å². The standard InChI is InChI=1S/C18H22FN3O/c1-14-4-3-7-22(18(14)23)16-6-5-15(17(19)12-16)13-21-10-8-20(2)9-11-21/h3-7,12H,8-11,13H2,1-2H3. The van der Waals surface area contributed by atoms with Crippen LogP contribution >= 0.6 is 0 Å². The number of nitrogens with zero attached hydrogens (tertiary/aromatic N) is 3. The Bertz CT molecular complexity index is 748. The highest BCUT2D eigenvalue weighted by atomic mass is 19.1. The van der Waals surface area contributed by atoms with Gasteiger partial charge in [-0.25, -0.2) is 4.39 Å². The van der Waals surface area contributed by atoms with Crippen LogP contribution in [-0.4, -0.2) is 47.6 Å². The van der Waals surface area contributed by atoms with Crippen LogP contribution in [0.15, 0.2) is 41.3 Å². The maximum Gasteiger partial charge on any atom is 0.257 e. The fourth-order valence-corrected chi connectivity index (χ4v) is 2.87. The van der Waals surface area contributed by atoms with Gasteiger partial charge in [0, 0.05) is 50.0 Å². The minimum Gasteiger partial charge on any atom is -0.304 e. The molecule has 0 spiro atoms. The van der Waals surface area contributed by atoms with Crippen molar-refractivity contribution in [3.05, 3.63) is 63.8 Å². The molecule has 0 unspecified atom stereocenters. The third-order valence-corrected chi connectivity index (χ3v) is 4.44. The monoisotopic (exact) mass is 315 g/mol. The average molecular weight is 315 g/mol. The van der Waals surface area contributed by atoms with Gasteiger partial charge in [0.1, 0.15) is 5.82 Å². The van der Waals surface area contributed by atoms with Gasteiger partial charge in [-0.05, 0) is 32.2 Å². The molecule has 2 aromatic rings. The van der Waals surface area contributed by atoms with Crippen molar-refractivity contribution in [2.24, 2.45) is 0 Å². The van der Waals surface area contributed by atoms with Crippen LogP contribution in [0.4, 0.5) is 4.39 Å². The van der Waals surface area contributed by atoms with E-state index in [0.717, 1.165) is 26.2 Å². The number of aryl methyl sites for hydroxylation is 1. The number of pyridine rings is 1. The Morgan fingerprint density at radius 2 is 1.87 bits per heavy atom. The summed E-state index contributed by atoms with van der Waals surface area (Å²) in [4.78, 5) is 16.7. The lowest BCUT2D eigenvalue weighted by Gasteiger charge is -2.32. The molecule has 0 bridgehead atoms. The van der Waals surface area contributed by atoms with Crippen molar-refractivity contribution in [2.75, 3.05) is 33.2 Å². The summed E-state index contributed by atoms with van der Waals surface area (Å²) in [6, 6.07) is 8.61. The fourth-order valence-electron chi connectivity index (χ4n) is 2.87. The zero-order chi connectivity index (χ0) is 16.4. The van der Waals surface area contributed by atoms with Gasteiger partial charge < -0.3 is 4.90 Å². The SMILES string of the molecule is Cc1cccn(-c2ccc(CN3CCN(C)CC3)c(F)c2)c1=O. The highest BCUT2D eigenvalue weighted by Crippen LogP contribution is 2.16. The number of likely N-dealkylation sites (N-methyl/N-ethyl adjacent to an activating group) is 1. The predicted octanol–water partition coefficient (Wildman–Crippen LogP) is 2.03. The van der Waals surface area contributed by atoms with E-state index in [-0.39, 0.29) is 11.4 Å². The highest BCUT2D eigenvalue weighted by molar-refractivity contribution is 5.36. The summed E-state index contributed by atoms with van der Waals surface area (Å²) in [6.07, 6.45) is 1.67. The van der Waals surface area contributed by atoms with Gasteiger partial charge in [0.05, 0.1) is 5.69 Å². The molecule has 23 heavy (non-hydrogen) atoms. The molecule has 1 saturated heterocycles. The van der Waals surface area contributed by atoms with E-state index in [0.29, 0.717) is 23.4 Å². The van der Waals surface area contributed by atoms with Crippen LogP contribution in [0.3, 0.4) is 0 Å². The lowest BCUT2D eigenvalue weighted by atomic mass is 10.1. The second-order valence-corrected chi connectivity index (χ2v) is 6.22.